The normalized spacial score (nSPS) is 10.8. The summed E-state index contributed by atoms with van der Waals surface area (Å²) in [6.45, 7) is 4.88. The van der Waals surface area contributed by atoms with Crippen LogP contribution in [-0.4, -0.2) is 12.6 Å². The summed E-state index contributed by atoms with van der Waals surface area (Å²) in [5, 5.41) is 0. The lowest BCUT2D eigenvalue weighted by atomic mass is 10.1. The van der Waals surface area contributed by atoms with Gasteiger partial charge in [-0.3, -0.25) is 0 Å². The monoisotopic (exact) mass is 432 g/mol. The first-order valence-corrected chi connectivity index (χ1v) is 11.5. The lowest BCUT2D eigenvalue weighted by molar-refractivity contribution is 0.0726. The molecule has 2 rings (SSSR count). The van der Waals surface area contributed by atoms with Gasteiger partial charge in [0.15, 0.2) is 11.6 Å². The van der Waals surface area contributed by atoms with Gasteiger partial charge < -0.3 is 9.47 Å². The molecule has 5 heteroatoms. The van der Waals surface area contributed by atoms with E-state index < -0.39 is 23.4 Å². The summed E-state index contributed by atoms with van der Waals surface area (Å²) in [4.78, 5) is 12.3. The van der Waals surface area contributed by atoms with Gasteiger partial charge in [0.05, 0.1) is 12.2 Å². The third kappa shape index (κ3) is 8.31. The Kier molecular flexibility index (Phi) is 11.0. The van der Waals surface area contributed by atoms with Crippen molar-refractivity contribution < 1.29 is 23.0 Å². The summed E-state index contributed by atoms with van der Waals surface area (Å²) in [6, 6.07) is 9.28. The molecule has 0 aliphatic rings. The minimum absolute atomic E-state index is 0.249. The molecule has 0 atom stereocenters. The number of ether oxygens (including phenoxy) is 2. The number of carbonyl (C=O) groups excluding carboxylic acids is 1. The molecule has 0 aromatic heterocycles. The number of rotatable bonds is 14. The molecule has 2 aromatic rings. The van der Waals surface area contributed by atoms with Crippen molar-refractivity contribution in [2.45, 2.75) is 78.1 Å². The summed E-state index contributed by atoms with van der Waals surface area (Å²) in [5.41, 5.74) is 0.552. The first-order chi connectivity index (χ1) is 15.1. The van der Waals surface area contributed by atoms with E-state index in [-0.39, 0.29) is 5.56 Å². The van der Waals surface area contributed by atoms with Gasteiger partial charge in [-0.1, -0.05) is 64.9 Å². The largest absolute Gasteiger partial charge is 0.494 e. The van der Waals surface area contributed by atoms with E-state index in [0.717, 1.165) is 32.1 Å². The molecule has 3 nitrogen and oxygen atoms in total. The molecule has 0 bridgehead atoms. The van der Waals surface area contributed by atoms with E-state index in [1.54, 1.807) is 24.3 Å². The van der Waals surface area contributed by atoms with Gasteiger partial charge in [-0.05, 0) is 55.2 Å². The van der Waals surface area contributed by atoms with Crippen LogP contribution >= 0.6 is 0 Å². The van der Waals surface area contributed by atoms with Crippen LogP contribution in [0.3, 0.4) is 0 Å². The Morgan fingerprint density at radius 3 is 2.13 bits per heavy atom. The number of halogens is 2. The maximum Gasteiger partial charge on any atom is 0.343 e. The van der Waals surface area contributed by atoms with Crippen LogP contribution < -0.4 is 9.47 Å². The molecule has 0 saturated heterocycles. The van der Waals surface area contributed by atoms with Gasteiger partial charge in [-0.15, -0.1) is 0 Å². The van der Waals surface area contributed by atoms with Crippen molar-refractivity contribution in [3.8, 4) is 11.5 Å². The molecular weight excluding hydrogens is 398 g/mol. The minimum atomic E-state index is -1.12. The molecule has 31 heavy (non-hydrogen) atoms. The predicted molar refractivity (Wildman–Crippen MR) is 120 cm³/mol. The molecule has 170 valence electrons. The number of unbranched alkanes of at least 4 members (excludes halogenated alkanes) is 7. The van der Waals surface area contributed by atoms with E-state index in [1.807, 2.05) is 6.92 Å². The summed E-state index contributed by atoms with van der Waals surface area (Å²) in [5.74, 6) is -2.54. The number of esters is 1. The highest BCUT2D eigenvalue weighted by Crippen LogP contribution is 2.25. The highest BCUT2D eigenvalue weighted by atomic mass is 19.2. The van der Waals surface area contributed by atoms with Crippen LogP contribution in [0.4, 0.5) is 8.78 Å². The average molecular weight is 433 g/mol. The van der Waals surface area contributed by atoms with Crippen molar-refractivity contribution in [1.82, 2.24) is 0 Å². The summed E-state index contributed by atoms with van der Waals surface area (Å²) in [7, 11) is 0. The summed E-state index contributed by atoms with van der Waals surface area (Å²) in [6.07, 6.45) is 10.3. The smallest absolute Gasteiger partial charge is 0.343 e. The van der Waals surface area contributed by atoms with Crippen molar-refractivity contribution in [1.29, 1.82) is 0 Å². The SMILES string of the molecule is CCCCCCCCOc1ccc(C(=O)Oc2ccc(CCCCC)c(F)c2F)cc1. The van der Waals surface area contributed by atoms with Crippen LogP contribution in [0, 0.1) is 11.6 Å². The van der Waals surface area contributed by atoms with Gasteiger partial charge in [0.1, 0.15) is 5.75 Å². The summed E-state index contributed by atoms with van der Waals surface area (Å²) >= 11 is 0. The Bertz CT molecular complexity index is 803. The Balaban J connectivity index is 1.85. The minimum Gasteiger partial charge on any atom is -0.494 e. The van der Waals surface area contributed by atoms with E-state index in [4.69, 9.17) is 9.47 Å². The Morgan fingerprint density at radius 2 is 1.42 bits per heavy atom. The maximum absolute atomic E-state index is 14.3. The predicted octanol–water partition coefficient (Wildman–Crippen LogP) is 7.66. The van der Waals surface area contributed by atoms with E-state index in [9.17, 15) is 13.6 Å². The average Bonchev–Trinajstić information content (AvgIpc) is 2.78. The quantitative estimate of drug-likeness (QED) is 0.175. The van der Waals surface area contributed by atoms with Crippen LogP contribution in [0.2, 0.25) is 0 Å². The Hall–Kier alpha value is -2.43. The van der Waals surface area contributed by atoms with Crippen LogP contribution in [0.5, 0.6) is 11.5 Å². The molecule has 0 aliphatic heterocycles. The molecule has 0 fully saturated rings. The van der Waals surface area contributed by atoms with Crippen molar-refractivity contribution in [2.24, 2.45) is 0 Å². The Labute approximate surface area is 184 Å². The van der Waals surface area contributed by atoms with Crippen LogP contribution in [0.15, 0.2) is 36.4 Å². The third-order valence-corrected chi connectivity index (χ3v) is 5.24. The van der Waals surface area contributed by atoms with E-state index in [1.165, 1.54) is 37.8 Å². The van der Waals surface area contributed by atoms with Gasteiger partial charge in [-0.2, -0.15) is 4.39 Å². The number of benzene rings is 2. The molecule has 0 spiro atoms. The highest BCUT2D eigenvalue weighted by Gasteiger charge is 2.18. The van der Waals surface area contributed by atoms with Gasteiger partial charge in [-0.25, -0.2) is 9.18 Å². The lowest BCUT2D eigenvalue weighted by Gasteiger charge is -2.10. The van der Waals surface area contributed by atoms with Crippen LogP contribution in [0.25, 0.3) is 0 Å². The van der Waals surface area contributed by atoms with Crippen LogP contribution in [0.1, 0.15) is 87.6 Å². The highest BCUT2D eigenvalue weighted by molar-refractivity contribution is 5.91. The zero-order chi connectivity index (χ0) is 22.5. The van der Waals surface area contributed by atoms with Crippen molar-refractivity contribution in [2.75, 3.05) is 6.61 Å². The Morgan fingerprint density at radius 1 is 0.774 bits per heavy atom. The van der Waals surface area contributed by atoms with E-state index in [0.29, 0.717) is 24.3 Å². The summed E-state index contributed by atoms with van der Waals surface area (Å²) < 4.78 is 39.3. The molecule has 0 aliphatic carbocycles. The van der Waals surface area contributed by atoms with Gasteiger partial charge >= 0.3 is 5.97 Å². The van der Waals surface area contributed by atoms with Gasteiger partial charge in [0.25, 0.3) is 0 Å². The molecule has 0 amide bonds. The number of hydrogen-bond donors (Lipinski definition) is 0. The fraction of sp³-hybridized carbons (Fsp3) is 0.500. The fourth-order valence-corrected chi connectivity index (χ4v) is 3.33. The van der Waals surface area contributed by atoms with Crippen molar-refractivity contribution >= 4 is 5.97 Å². The molecule has 2 aromatic carbocycles. The van der Waals surface area contributed by atoms with Crippen LogP contribution in [-0.2, 0) is 6.42 Å². The zero-order valence-electron chi connectivity index (χ0n) is 18.7. The van der Waals surface area contributed by atoms with Crippen molar-refractivity contribution in [3.05, 3.63) is 59.2 Å². The first-order valence-electron chi connectivity index (χ1n) is 11.5. The lowest BCUT2D eigenvalue weighted by Crippen LogP contribution is -2.10. The van der Waals surface area contributed by atoms with Gasteiger partial charge in [0, 0.05) is 0 Å². The molecule has 0 unspecified atom stereocenters. The number of carbonyl (C=O) groups is 1. The second-order valence-electron chi connectivity index (χ2n) is 7.84. The van der Waals surface area contributed by atoms with E-state index >= 15 is 0 Å². The standard InChI is InChI=1S/C26H34F2O3/c1-3-5-7-8-9-11-19-30-22-16-13-21(14-17-22)26(29)31-23-18-15-20(12-10-6-4-2)24(27)25(23)28/h13-18H,3-12,19H2,1-2H3. The maximum atomic E-state index is 14.3. The molecule has 0 N–H and O–H groups in total. The van der Waals surface area contributed by atoms with Crippen molar-refractivity contribution in [3.63, 3.8) is 0 Å². The zero-order valence-corrected chi connectivity index (χ0v) is 18.7. The first kappa shape index (κ1) is 24.8. The fourth-order valence-electron chi connectivity index (χ4n) is 3.33. The third-order valence-electron chi connectivity index (χ3n) is 5.24. The second-order valence-corrected chi connectivity index (χ2v) is 7.84. The second kappa shape index (κ2) is 13.8. The van der Waals surface area contributed by atoms with E-state index in [2.05, 4.69) is 6.92 Å². The topological polar surface area (TPSA) is 35.5 Å². The molecule has 0 heterocycles. The number of aryl methyl sites for hydroxylation is 1. The van der Waals surface area contributed by atoms with Gasteiger partial charge in [0.2, 0.25) is 5.82 Å². The number of hydrogen-bond acceptors (Lipinski definition) is 3. The molecule has 0 saturated carbocycles. The molecular formula is C26H34F2O3. The molecule has 0 radical (unpaired) electrons.